The van der Waals surface area contributed by atoms with Gasteiger partial charge < -0.3 is 14.6 Å². The van der Waals surface area contributed by atoms with Crippen LogP contribution in [0.15, 0.2) is 30.3 Å². The maximum absolute atomic E-state index is 11.1. The zero-order chi connectivity index (χ0) is 13.8. The van der Waals surface area contributed by atoms with Gasteiger partial charge in [0.25, 0.3) is 0 Å². The lowest BCUT2D eigenvalue weighted by Gasteiger charge is -2.11. The van der Waals surface area contributed by atoms with E-state index in [1.807, 2.05) is 19.1 Å². The van der Waals surface area contributed by atoms with Crippen LogP contribution in [-0.2, 0) is 0 Å². The minimum atomic E-state index is -0.967. The van der Waals surface area contributed by atoms with Gasteiger partial charge in [-0.25, -0.2) is 4.79 Å². The molecule has 0 unspecified atom stereocenters. The summed E-state index contributed by atoms with van der Waals surface area (Å²) in [5.41, 5.74) is 0.215. The Hall–Kier alpha value is -2.23. The van der Waals surface area contributed by atoms with Crippen molar-refractivity contribution in [2.45, 2.75) is 13.3 Å². The normalized spacial score (nSPS) is 10.4. The summed E-state index contributed by atoms with van der Waals surface area (Å²) in [4.78, 5) is 11.1. The summed E-state index contributed by atoms with van der Waals surface area (Å²) in [6.45, 7) is 2.57. The molecule has 0 aliphatic rings. The van der Waals surface area contributed by atoms with Gasteiger partial charge in [0.15, 0.2) is 0 Å². The van der Waals surface area contributed by atoms with Gasteiger partial charge in [0.1, 0.15) is 11.5 Å². The Bertz CT molecular complexity index is 604. The molecule has 0 spiro atoms. The van der Waals surface area contributed by atoms with E-state index in [-0.39, 0.29) is 5.56 Å². The molecule has 0 aliphatic carbocycles. The summed E-state index contributed by atoms with van der Waals surface area (Å²) in [5.74, 6) is 0.321. The zero-order valence-corrected chi connectivity index (χ0v) is 11.0. The number of hydrogen-bond donors (Lipinski definition) is 1. The van der Waals surface area contributed by atoms with Crippen LogP contribution in [0.5, 0.6) is 11.5 Å². The standard InChI is InChI=1S/C15H16O4/c1-3-6-19-14-9-11(15(16)17)7-10-8-12(18-2)4-5-13(10)14/h4-5,7-9H,3,6H2,1-2H3,(H,16,17). The van der Waals surface area contributed by atoms with E-state index in [9.17, 15) is 4.79 Å². The number of hydrogen-bond acceptors (Lipinski definition) is 3. The first kappa shape index (κ1) is 13.2. The molecule has 4 heteroatoms. The smallest absolute Gasteiger partial charge is 0.335 e. The average Bonchev–Trinajstić information content (AvgIpc) is 2.43. The Morgan fingerprint density at radius 1 is 1.26 bits per heavy atom. The van der Waals surface area contributed by atoms with Gasteiger partial charge in [0, 0.05) is 5.39 Å². The summed E-state index contributed by atoms with van der Waals surface area (Å²) in [7, 11) is 1.58. The van der Waals surface area contributed by atoms with E-state index in [1.54, 1.807) is 25.3 Å². The van der Waals surface area contributed by atoms with Crippen LogP contribution < -0.4 is 9.47 Å². The first-order valence-electron chi connectivity index (χ1n) is 6.13. The molecule has 100 valence electrons. The number of aromatic carboxylic acids is 1. The van der Waals surface area contributed by atoms with Crippen molar-refractivity contribution in [3.8, 4) is 11.5 Å². The summed E-state index contributed by atoms with van der Waals surface area (Å²) in [6.07, 6.45) is 0.870. The highest BCUT2D eigenvalue weighted by Crippen LogP contribution is 2.30. The van der Waals surface area contributed by atoms with Crippen molar-refractivity contribution in [3.05, 3.63) is 35.9 Å². The van der Waals surface area contributed by atoms with E-state index in [0.29, 0.717) is 18.1 Å². The Kier molecular flexibility index (Phi) is 3.90. The van der Waals surface area contributed by atoms with Crippen LogP contribution in [0.1, 0.15) is 23.7 Å². The van der Waals surface area contributed by atoms with Crippen LogP contribution in [0.2, 0.25) is 0 Å². The molecule has 0 heterocycles. The molecular weight excluding hydrogens is 244 g/mol. The molecule has 2 aromatic rings. The molecule has 0 aliphatic heterocycles. The van der Waals surface area contributed by atoms with E-state index >= 15 is 0 Å². The number of carboxylic acid groups (broad SMARTS) is 1. The van der Waals surface area contributed by atoms with E-state index < -0.39 is 5.97 Å². The van der Waals surface area contributed by atoms with E-state index in [0.717, 1.165) is 17.2 Å². The van der Waals surface area contributed by atoms with Gasteiger partial charge in [-0.2, -0.15) is 0 Å². The number of benzene rings is 2. The molecule has 19 heavy (non-hydrogen) atoms. The van der Waals surface area contributed by atoms with Crippen LogP contribution in [0.3, 0.4) is 0 Å². The monoisotopic (exact) mass is 260 g/mol. The van der Waals surface area contributed by atoms with Gasteiger partial charge >= 0.3 is 5.97 Å². The SMILES string of the molecule is CCCOc1cc(C(=O)O)cc2cc(OC)ccc12. The second kappa shape index (κ2) is 5.61. The van der Waals surface area contributed by atoms with Gasteiger partial charge in [-0.05, 0) is 42.1 Å². The fourth-order valence-electron chi connectivity index (χ4n) is 1.89. The highest BCUT2D eigenvalue weighted by atomic mass is 16.5. The van der Waals surface area contributed by atoms with Crippen molar-refractivity contribution in [3.63, 3.8) is 0 Å². The molecule has 0 atom stereocenters. The maximum Gasteiger partial charge on any atom is 0.335 e. The van der Waals surface area contributed by atoms with Gasteiger partial charge in [-0.15, -0.1) is 0 Å². The molecular formula is C15H16O4. The lowest BCUT2D eigenvalue weighted by molar-refractivity contribution is 0.0696. The van der Waals surface area contributed by atoms with Crippen molar-refractivity contribution in [2.24, 2.45) is 0 Å². The molecule has 1 N–H and O–H groups in total. The van der Waals surface area contributed by atoms with Crippen molar-refractivity contribution in [1.29, 1.82) is 0 Å². The molecule has 2 aromatic carbocycles. The van der Waals surface area contributed by atoms with E-state index in [4.69, 9.17) is 14.6 Å². The predicted molar refractivity (Wildman–Crippen MR) is 73.2 cm³/mol. The highest BCUT2D eigenvalue weighted by Gasteiger charge is 2.10. The van der Waals surface area contributed by atoms with E-state index in [2.05, 4.69) is 0 Å². The van der Waals surface area contributed by atoms with Gasteiger partial charge in [-0.3, -0.25) is 0 Å². The number of carbonyl (C=O) groups is 1. The van der Waals surface area contributed by atoms with Crippen molar-refractivity contribution < 1.29 is 19.4 Å². The Morgan fingerprint density at radius 2 is 2.05 bits per heavy atom. The molecule has 2 rings (SSSR count). The third-order valence-electron chi connectivity index (χ3n) is 2.83. The third-order valence-corrected chi connectivity index (χ3v) is 2.83. The summed E-state index contributed by atoms with van der Waals surface area (Å²) >= 11 is 0. The molecule has 0 saturated carbocycles. The second-order valence-electron chi connectivity index (χ2n) is 4.22. The summed E-state index contributed by atoms with van der Waals surface area (Å²) in [6, 6.07) is 8.71. The van der Waals surface area contributed by atoms with Crippen LogP contribution in [0.25, 0.3) is 10.8 Å². The molecule has 0 radical (unpaired) electrons. The number of ether oxygens (including phenoxy) is 2. The number of fused-ring (bicyclic) bond motifs is 1. The van der Waals surface area contributed by atoms with Crippen LogP contribution in [0, 0.1) is 0 Å². The molecule has 0 amide bonds. The first-order valence-corrected chi connectivity index (χ1v) is 6.13. The fraction of sp³-hybridized carbons (Fsp3) is 0.267. The predicted octanol–water partition coefficient (Wildman–Crippen LogP) is 3.34. The van der Waals surface area contributed by atoms with E-state index in [1.165, 1.54) is 0 Å². The highest BCUT2D eigenvalue weighted by molar-refractivity contribution is 5.98. The van der Waals surface area contributed by atoms with Gasteiger partial charge in [0.2, 0.25) is 0 Å². The van der Waals surface area contributed by atoms with Crippen LogP contribution >= 0.6 is 0 Å². The first-order chi connectivity index (χ1) is 9.15. The molecule has 0 bridgehead atoms. The Balaban J connectivity index is 2.59. The lowest BCUT2D eigenvalue weighted by atomic mass is 10.1. The minimum Gasteiger partial charge on any atom is -0.497 e. The quantitative estimate of drug-likeness (QED) is 0.895. The minimum absolute atomic E-state index is 0.215. The van der Waals surface area contributed by atoms with Gasteiger partial charge in [0.05, 0.1) is 19.3 Å². The fourth-order valence-corrected chi connectivity index (χ4v) is 1.89. The summed E-state index contributed by atoms with van der Waals surface area (Å²) < 4.78 is 10.8. The number of carboxylic acids is 1. The molecule has 0 fully saturated rings. The van der Waals surface area contributed by atoms with Crippen LogP contribution in [0.4, 0.5) is 0 Å². The summed E-state index contributed by atoms with van der Waals surface area (Å²) in [5, 5.41) is 10.8. The van der Waals surface area contributed by atoms with Crippen molar-refractivity contribution >= 4 is 16.7 Å². The van der Waals surface area contributed by atoms with Crippen LogP contribution in [-0.4, -0.2) is 24.8 Å². The zero-order valence-electron chi connectivity index (χ0n) is 11.0. The van der Waals surface area contributed by atoms with Gasteiger partial charge in [-0.1, -0.05) is 6.92 Å². The number of methoxy groups -OCH3 is 1. The second-order valence-corrected chi connectivity index (χ2v) is 4.22. The molecule has 4 nitrogen and oxygen atoms in total. The average molecular weight is 260 g/mol. The Morgan fingerprint density at radius 3 is 2.68 bits per heavy atom. The van der Waals surface area contributed by atoms with Crippen molar-refractivity contribution in [2.75, 3.05) is 13.7 Å². The largest absolute Gasteiger partial charge is 0.497 e. The Labute approximate surface area is 111 Å². The maximum atomic E-state index is 11.1. The van der Waals surface area contributed by atoms with Crippen molar-refractivity contribution in [1.82, 2.24) is 0 Å². The lowest BCUT2D eigenvalue weighted by Crippen LogP contribution is -2.00. The number of rotatable bonds is 5. The molecule has 0 saturated heterocycles. The topological polar surface area (TPSA) is 55.8 Å². The molecule has 0 aromatic heterocycles. The third kappa shape index (κ3) is 2.78.